The van der Waals surface area contributed by atoms with E-state index in [1.165, 1.54) is 11.0 Å². The van der Waals surface area contributed by atoms with Crippen molar-refractivity contribution in [1.29, 1.82) is 0 Å². The van der Waals surface area contributed by atoms with Crippen LogP contribution in [0.4, 0.5) is 11.4 Å². The fraction of sp³-hybridized carbons (Fsp3) is 0.0435. The molecule has 3 aromatic carbocycles. The highest BCUT2D eigenvalue weighted by molar-refractivity contribution is 6.12. The minimum absolute atomic E-state index is 0.146. The molecule has 0 fully saturated rings. The Morgan fingerprint density at radius 1 is 0.833 bits per heavy atom. The van der Waals surface area contributed by atoms with Crippen LogP contribution in [-0.4, -0.2) is 26.8 Å². The maximum atomic E-state index is 12.8. The van der Waals surface area contributed by atoms with E-state index in [1.54, 1.807) is 24.3 Å². The van der Waals surface area contributed by atoms with Crippen LogP contribution in [0.5, 0.6) is 0 Å². The van der Waals surface area contributed by atoms with Gasteiger partial charge in [0.05, 0.1) is 23.1 Å². The standard InChI is InChI=1S/C23H19N5O2/c1-16-8-7-9-17(14-16)25-22(29)19-12-5-6-13-20(19)26-23(30)21-15-24-28(27-21)18-10-3-2-4-11-18/h2-15H,1H3,(H,25,29)(H,26,30). The molecular weight excluding hydrogens is 378 g/mol. The molecular formula is C23H19N5O2. The van der Waals surface area contributed by atoms with Crippen molar-refractivity contribution in [3.8, 4) is 5.69 Å². The Morgan fingerprint density at radius 3 is 2.40 bits per heavy atom. The van der Waals surface area contributed by atoms with Gasteiger partial charge in [-0.2, -0.15) is 9.90 Å². The molecule has 30 heavy (non-hydrogen) atoms. The van der Waals surface area contributed by atoms with Crippen molar-refractivity contribution in [2.45, 2.75) is 6.92 Å². The van der Waals surface area contributed by atoms with E-state index in [9.17, 15) is 9.59 Å². The van der Waals surface area contributed by atoms with Crippen molar-refractivity contribution in [3.63, 3.8) is 0 Å². The number of benzene rings is 3. The molecule has 0 aliphatic heterocycles. The summed E-state index contributed by atoms with van der Waals surface area (Å²) in [7, 11) is 0. The van der Waals surface area contributed by atoms with E-state index in [0.29, 0.717) is 16.9 Å². The number of carbonyl (C=O) groups is 2. The molecule has 1 heterocycles. The van der Waals surface area contributed by atoms with Gasteiger partial charge < -0.3 is 10.6 Å². The third-order valence-electron chi connectivity index (χ3n) is 4.41. The summed E-state index contributed by atoms with van der Waals surface area (Å²) in [6.45, 7) is 1.95. The van der Waals surface area contributed by atoms with Crippen LogP contribution in [0.25, 0.3) is 5.69 Å². The summed E-state index contributed by atoms with van der Waals surface area (Å²) in [6.07, 6.45) is 1.39. The van der Waals surface area contributed by atoms with Crippen molar-refractivity contribution in [2.75, 3.05) is 10.6 Å². The SMILES string of the molecule is Cc1cccc(NC(=O)c2ccccc2NC(=O)c2cnn(-c3ccccc3)n2)c1. The average Bonchev–Trinajstić information content (AvgIpc) is 3.25. The first-order valence-electron chi connectivity index (χ1n) is 9.36. The number of aromatic nitrogens is 3. The van der Waals surface area contributed by atoms with Crippen molar-refractivity contribution < 1.29 is 9.59 Å². The molecule has 0 unspecified atom stereocenters. The van der Waals surface area contributed by atoms with E-state index in [2.05, 4.69) is 20.8 Å². The van der Waals surface area contributed by atoms with Crippen LogP contribution >= 0.6 is 0 Å². The fourth-order valence-corrected chi connectivity index (χ4v) is 2.95. The zero-order chi connectivity index (χ0) is 20.9. The number of carbonyl (C=O) groups excluding carboxylic acids is 2. The Balaban J connectivity index is 1.52. The van der Waals surface area contributed by atoms with Crippen LogP contribution in [0.2, 0.25) is 0 Å². The van der Waals surface area contributed by atoms with Crippen molar-refractivity contribution in [1.82, 2.24) is 15.0 Å². The molecule has 1 aromatic heterocycles. The van der Waals surface area contributed by atoms with E-state index >= 15 is 0 Å². The largest absolute Gasteiger partial charge is 0.322 e. The highest BCUT2D eigenvalue weighted by Gasteiger charge is 2.16. The summed E-state index contributed by atoms with van der Waals surface area (Å²) in [5.74, 6) is -0.766. The second-order valence-corrected chi connectivity index (χ2v) is 6.68. The molecule has 0 saturated heterocycles. The van der Waals surface area contributed by atoms with Gasteiger partial charge in [-0.3, -0.25) is 9.59 Å². The summed E-state index contributed by atoms with van der Waals surface area (Å²) in [6, 6.07) is 23.6. The maximum Gasteiger partial charge on any atom is 0.277 e. The second kappa shape index (κ2) is 8.40. The zero-order valence-corrected chi connectivity index (χ0v) is 16.2. The molecule has 2 N–H and O–H groups in total. The molecule has 4 aromatic rings. The molecule has 4 rings (SSSR count). The third kappa shape index (κ3) is 4.25. The van der Waals surface area contributed by atoms with Gasteiger partial charge in [0, 0.05) is 5.69 Å². The molecule has 0 spiro atoms. The topological polar surface area (TPSA) is 88.9 Å². The molecule has 0 aliphatic carbocycles. The van der Waals surface area contributed by atoms with Gasteiger partial charge in [0.15, 0.2) is 5.69 Å². The van der Waals surface area contributed by atoms with E-state index in [1.807, 2.05) is 61.5 Å². The molecule has 7 nitrogen and oxygen atoms in total. The normalized spacial score (nSPS) is 10.4. The lowest BCUT2D eigenvalue weighted by atomic mass is 10.1. The first kappa shape index (κ1) is 19.1. The van der Waals surface area contributed by atoms with E-state index in [-0.39, 0.29) is 11.6 Å². The average molecular weight is 397 g/mol. The summed E-state index contributed by atoms with van der Waals surface area (Å²) in [4.78, 5) is 26.8. The van der Waals surface area contributed by atoms with E-state index in [4.69, 9.17) is 0 Å². The Bertz CT molecular complexity index is 1200. The molecule has 0 saturated carbocycles. The minimum Gasteiger partial charge on any atom is -0.322 e. The van der Waals surface area contributed by atoms with Crippen LogP contribution in [0, 0.1) is 6.92 Å². The van der Waals surface area contributed by atoms with Crippen molar-refractivity contribution in [3.05, 3.63) is 102 Å². The van der Waals surface area contributed by atoms with Crippen LogP contribution in [0.15, 0.2) is 85.1 Å². The maximum absolute atomic E-state index is 12.8. The number of hydrogen-bond donors (Lipinski definition) is 2. The smallest absolute Gasteiger partial charge is 0.277 e. The molecule has 0 radical (unpaired) electrons. The van der Waals surface area contributed by atoms with Crippen LogP contribution in [0.1, 0.15) is 26.4 Å². The first-order valence-corrected chi connectivity index (χ1v) is 9.36. The van der Waals surface area contributed by atoms with Gasteiger partial charge in [0.1, 0.15) is 0 Å². The number of anilines is 2. The fourth-order valence-electron chi connectivity index (χ4n) is 2.95. The molecule has 148 valence electrons. The van der Waals surface area contributed by atoms with Crippen molar-refractivity contribution >= 4 is 23.2 Å². The van der Waals surface area contributed by atoms with Gasteiger partial charge in [-0.25, -0.2) is 0 Å². The zero-order valence-electron chi connectivity index (χ0n) is 16.2. The third-order valence-corrected chi connectivity index (χ3v) is 4.41. The lowest BCUT2D eigenvalue weighted by molar-refractivity contribution is 0.102. The summed E-state index contributed by atoms with van der Waals surface area (Å²) in [5.41, 5.74) is 3.36. The Labute approximate surface area is 173 Å². The number of nitrogens with zero attached hydrogens (tertiary/aromatic N) is 3. The monoisotopic (exact) mass is 397 g/mol. The van der Waals surface area contributed by atoms with E-state index < -0.39 is 5.91 Å². The van der Waals surface area contributed by atoms with Crippen molar-refractivity contribution in [2.24, 2.45) is 0 Å². The number of nitrogens with one attached hydrogen (secondary N) is 2. The summed E-state index contributed by atoms with van der Waals surface area (Å²) in [5, 5.41) is 14.0. The number of para-hydroxylation sites is 2. The number of rotatable bonds is 5. The molecule has 2 amide bonds. The van der Waals surface area contributed by atoms with Crippen LogP contribution < -0.4 is 10.6 Å². The molecule has 0 aliphatic rings. The van der Waals surface area contributed by atoms with E-state index in [0.717, 1.165) is 11.3 Å². The lowest BCUT2D eigenvalue weighted by Crippen LogP contribution is -2.18. The molecule has 0 atom stereocenters. The number of aryl methyl sites for hydroxylation is 1. The molecule has 7 heteroatoms. The highest BCUT2D eigenvalue weighted by atomic mass is 16.2. The minimum atomic E-state index is -0.451. The Kier molecular flexibility index (Phi) is 5.34. The summed E-state index contributed by atoms with van der Waals surface area (Å²) >= 11 is 0. The predicted octanol–water partition coefficient (Wildman–Crippen LogP) is 4.08. The lowest BCUT2D eigenvalue weighted by Gasteiger charge is -2.11. The Morgan fingerprint density at radius 2 is 1.60 bits per heavy atom. The Hall–Kier alpha value is -4.26. The highest BCUT2D eigenvalue weighted by Crippen LogP contribution is 2.19. The summed E-state index contributed by atoms with van der Waals surface area (Å²) < 4.78 is 0. The number of hydrogen-bond acceptors (Lipinski definition) is 4. The quantitative estimate of drug-likeness (QED) is 0.531. The van der Waals surface area contributed by atoms with Gasteiger partial charge >= 0.3 is 0 Å². The van der Waals surface area contributed by atoms with Crippen LogP contribution in [-0.2, 0) is 0 Å². The van der Waals surface area contributed by atoms with Gasteiger partial charge in [0.25, 0.3) is 11.8 Å². The van der Waals surface area contributed by atoms with Gasteiger partial charge in [-0.15, -0.1) is 5.10 Å². The van der Waals surface area contributed by atoms with Gasteiger partial charge in [-0.1, -0.05) is 42.5 Å². The van der Waals surface area contributed by atoms with Crippen LogP contribution in [0.3, 0.4) is 0 Å². The second-order valence-electron chi connectivity index (χ2n) is 6.68. The first-order chi connectivity index (χ1) is 14.6. The molecule has 0 bridgehead atoms. The van der Waals surface area contributed by atoms with Gasteiger partial charge in [0.2, 0.25) is 0 Å². The number of amides is 2. The van der Waals surface area contributed by atoms with Gasteiger partial charge in [-0.05, 0) is 48.9 Å². The predicted molar refractivity (Wildman–Crippen MR) is 115 cm³/mol.